The van der Waals surface area contributed by atoms with Crippen LogP contribution in [-0.2, 0) is 14.8 Å². The molecule has 1 aliphatic carbocycles. The van der Waals surface area contributed by atoms with Crippen LogP contribution in [-0.4, -0.2) is 36.7 Å². The van der Waals surface area contributed by atoms with E-state index in [4.69, 9.17) is 4.74 Å². The molecule has 1 aromatic heterocycles. The van der Waals surface area contributed by atoms with E-state index < -0.39 is 20.6 Å². The third-order valence-corrected chi connectivity index (χ3v) is 6.02. The summed E-state index contributed by atoms with van der Waals surface area (Å²) in [6.45, 7) is 0.105. The summed E-state index contributed by atoms with van der Waals surface area (Å²) in [6, 6.07) is 5.17. The first-order chi connectivity index (χ1) is 10.9. The molecule has 0 bridgehead atoms. The highest BCUT2D eigenvalue weighted by Gasteiger charge is 2.54. The molecule has 0 radical (unpaired) electrons. The van der Waals surface area contributed by atoms with E-state index in [1.54, 1.807) is 0 Å². The zero-order valence-corrected chi connectivity index (χ0v) is 13.2. The zero-order valence-electron chi connectivity index (χ0n) is 12.4. The molecule has 7 nitrogen and oxygen atoms in total. The van der Waals surface area contributed by atoms with Gasteiger partial charge in [0.2, 0.25) is 10.0 Å². The van der Waals surface area contributed by atoms with E-state index in [1.165, 1.54) is 36.2 Å². The summed E-state index contributed by atoms with van der Waals surface area (Å²) in [5.74, 6) is -0.659. The first kappa shape index (κ1) is 15.8. The Balaban J connectivity index is 1.85. The molecule has 0 aliphatic heterocycles. The fourth-order valence-electron chi connectivity index (χ4n) is 2.40. The fraction of sp³-hybridized carbons (Fsp3) is 0.357. The van der Waals surface area contributed by atoms with Gasteiger partial charge in [0.15, 0.2) is 5.82 Å². The van der Waals surface area contributed by atoms with E-state index in [0.29, 0.717) is 12.8 Å². The molecular formula is C14H16FN3O4S. The van der Waals surface area contributed by atoms with Crippen molar-refractivity contribution in [3.63, 3.8) is 0 Å². The lowest BCUT2D eigenvalue weighted by Crippen LogP contribution is -2.33. The predicted molar refractivity (Wildman–Crippen MR) is 82.7 cm³/mol. The summed E-state index contributed by atoms with van der Waals surface area (Å²) in [5, 5.41) is 2.42. The van der Waals surface area contributed by atoms with Crippen LogP contribution >= 0.6 is 0 Å². The zero-order chi connectivity index (χ0) is 16.7. The Morgan fingerprint density at radius 3 is 2.65 bits per heavy atom. The molecule has 1 fully saturated rings. The first-order valence-electron chi connectivity index (χ1n) is 6.96. The second-order valence-corrected chi connectivity index (χ2v) is 7.63. The third kappa shape index (κ3) is 2.89. The molecule has 0 atom stereocenters. The summed E-state index contributed by atoms with van der Waals surface area (Å²) < 4.78 is 46.6. The highest BCUT2D eigenvalue weighted by molar-refractivity contribution is 7.94. The van der Waals surface area contributed by atoms with Gasteiger partial charge in [-0.3, -0.25) is 19.3 Å². The number of sulfonamides is 1. The summed E-state index contributed by atoms with van der Waals surface area (Å²) in [5.41, 5.74) is -0.111. The summed E-state index contributed by atoms with van der Waals surface area (Å²) >= 11 is 0. The number of hydrogen-bond donors (Lipinski definition) is 2. The van der Waals surface area contributed by atoms with Crippen molar-refractivity contribution in [2.45, 2.75) is 17.6 Å². The van der Waals surface area contributed by atoms with Crippen LogP contribution in [0.1, 0.15) is 12.8 Å². The summed E-state index contributed by atoms with van der Waals surface area (Å²) in [4.78, 5) is 11.1. The predicted octanol–water partition coefficient (Wildman–Crippen LogP) is 1.23. The molecule has 1 heterocycles. The topological polar surface area (TPSA) is 93.2 Å². The Labute approximate surface area is 132 Å². The Morgan fingerprint density at radius 2 is 2.13 bits per heavy atom. The van der Waals surface area contributed by atoms with Crippen LogP contribution < -0.4 is 10.3 Å². The van der Waals surface area contributed by atoms with Crippen molar-refractivity contribution >= 4 is 15.7 Å². The van der Waals surface area contributed by atoms with E-state index in [0.717, 1.165) is 6.07 Å². The Hall–Kier alpha value is -2.13. The third-order valence-electron chi connectivity index (χ3n) is 3.85. The average Bonchev–Trinajstić information content (AvgIpc) is 3.15. The number of aromatic amines is 1. The first-order valence-corrected chi connectivity index (χ1v) is 8.44. The minimum atomic E-state index is -3.66. The van der Waals surface area contributed by atoms with Gasteiger partial charge in [-0.1, -0.05) is 0 Å². The SMILES string of the molecule is COCC1(S(=O)(=O)Nc2ccc(-n3ccc(=O)[nH]3)c(F)c2)CC1. The van der Waals surface area contributed by atoms with Gasteiger partial charge >= 0.3 is 0 Å². The van der Waals surface area contributed by atoms with E-state index >= 15 is 0 Å². The fourth-order valence-corrected chi connectivity index (χ4v) is 3.96. The van der Waals surface area contributed by atoms with E-state index in [1.807, 2.05) is 0 Å². The average molecular weight is 341 g/mol. The van der Waals surface area contributed by atoms with Crippen molar-refractivity contribution in [2.75, 3.05) is 18.4 Å². The van der Waals surface area contributed by atoms with Gasteiger partial charge in [0.1, 0.15) is 4.75 Å². The molecule has 2 N–H and O–H groups in total. The Morgan fingerprint density at radius 1 is 1.39 bits per heavy atom. The minimum Gasteiger partial charge on any atom is -0.383 e. The number of ether oxygens (including phenoxy) is 1. The highest BCUT2D eigenvalue weighted by Crippen LogP contribution is 2.44. The van der Waals surface area contributed by atoms with Gasteiger partial charge in [-0.25, -0.2) is 12.8 Å². The number of anilines is 1. The minimum absolute atomic E-state index is 0.105. The highest BCUT2D eigenvalue weighted by atomic mass is 32.2. The number of halogens is 1. The molecule has 0 amide bonds. The van der Waals surface area contributed by atoms with Gasteiger partial charge in [0.05, 0.1) is 18.0 Å². The summed E-state index contributed by atoms with van der Waals surface area (Å²) in [7, 11) is -2.21. The second kappa shape index (κ2) is 5.50. The molecule has 23 heavy (non-hydrogen) atoms. The molecular weight excluding hydrogens is 325 g/mol. The van der Waals surface area contributed by atoms with Gasteiger partial charge in [-0.2, -0.15) is 0 Å². The largest absolute Gasteiger partial charge is 0.383 e. The summed E-state index contributed by atoms with van der Waals surface area (Å²) in [6.07, 6.45) is 2.42. The molecule has 1 aliphatic rings. The lowest BCUT2D eigenvalue weighted by molar-refractivity contribution is 0.192. The molecule has 2 aromatic rings. The van der Waals surface area contributed by atoms with Crippen LogP contribution in [0.15, 0.2) is 35.3 Å². The molecule has 9 heteroatoms. The maximum atomic E-state index is 14.2. The maximum absolute atomic E-state index is 14.2. The van der Waals surface area contributed by atoms with E-state index in [9.17, 15) is 17.6 Å². The monoisotopic (exact) mass is 341 g/mol. The molecule has 1 aromatic carbocycles. The van der Waals surface area contributed by atoms with Crippen LogP contribution in [0.4, 0.5) is 10.1 Å². The maximum Gasteiger partial charge on any atom is 0.264 e. The van der Waals surface area contributed by atoms with Gasteiger partial charge in [0, 0.05) is 25.4 Å². The standard InChI is InChI=1S/C14H16FN3O4S/c1-22-9-14(5-6-14)23(20,21)17-10-2-3-12(11(15)8-10)18-7-4-13(19)16-18/h2-4,7-8,17H,5-6,9H2,1H3,(H,16,19). The van der Waals surface area contributed by atoms with Crippen LogP contribution in [0.25, 0.3) is 5.69 Å². The van der Waals surface area contributed by atoms with Crippen molar-refractivity contribution in [1.29, 1.82) is 0 Å². The van der Waals surface area contributed by atoms with Gasteiger partial charge < -0.3 is 4.74 Å². The number of benzene rings is 1. The van der Waals surface area contributed by atoms with E-state index in [2.05, 4.69) is 9.82 Å². The van der Waals surface area contributed by atoms with Crippen molar-refractivity contribution in [3.8, 4) is 5.69 Å². The molecule has 1 saturated carbocycles. The number of hydrogen-bond acceptors (Lipinski definition) is 4. The van der Waals surface area contributed by atoms with Crippen LogP contribution in [0.2, 0.25) is 0 Å². The van der Waals surface area contributed by atoms with Crippen molar-refractivity contribution in [2.24, 2.45) is 0 Å². The Kier molecular flexibility index (Phi) is 3.77. The smallest absolute Gasteiger partial charge is 0.264 e. The second-order valence-electron chi connectivity index (χ2n) is 5.55. The van der Waals surface area contributed by atoms with Crippen molar-refractivity contribution in [1.82, 2.24) is 9.78 Å². The lowest BCUT2D eigenvalue weighted by Gasteiger charge is -2.17. The van der Waals surface area contributed by atoms with Gasteiger partial charge in [-0.15, -0.1) is 0 Å². The normalized spacial score (nSPS) is 16.3. The molecule has 3 rings (SSSR count). The number of aromatic nitrogens is 2. The molecule has 0 saturated heterocycles. The van der Waals surface area contributed by atoms with E-state index in [-0.39, 0.29) is 23.5 Å². The molecule has 0 spiro atoms. The van der Waals surface area contributed by atoms with Gasteiger partial charge in [-0.05, 0) is 25.0 Å². The van der Waals surface area contributed by atoms with Crippen LogP contribution in [0.5, 0.6) is 0 Å². The number of rotatable bonds is 6. The number of methoxy groups -OCH3 is 1. The lowest BCUT2D eigenvalue weighted by atomic mass is 10.3. The van der Waals surface area contributed by atoms with Crippen LogP contribution in [0, 0.1) is 5.82 Å². The number of nitrogens with one attached hydrogen (secondary N) is 2. The van der Waals surface area contributed by atoms with Gasteiger partial charge in [0.25, 0.3) is 5.56 Å². The molecule has 124 valence electrons. The number of nitrogens with zero attached hydrogens (tertiary/aromatic N) is 1. The van der Waals surface area contributed by atoms with Crippen molar-refractivity contribution in [3.05, 3.63) is 46.6 Å². The number of H-pyrrole nitrogens is 1. The van der Waals surface area contributed by atoms with Crippen molar-refractivity contribution < 1.29 is 17.5 Å². The van der Waals surface area contributed by atoms with Crippen LogP contribution in [0.3, 0.4) is 0 Å². The Bertz CT molecular complexity index is 883. The quantitative estimate of drug-likeness (QED) is 0.826. The molecule has 0 unspecified atom stereocenters.